The molecular weight excluding hydrogens is 246 g/mol. The smallest absolute Gasteiger partial charge is 0.323 e. The predicted octanol–water partition coefficient (Wildman–Crippen LogP) is 1.78. The molecule has 0 aliphatic heterocycles. The van der Waals surface area contributed by atoms with Crippen LogP contribution in [0.3, 0.4) is 0 Å². The van der Waals surface area contributed by atoms with E-state index in [0.717, 1.165) is 10.3 Å². The van der Waals surface area contributed by atoms with Crippen LogP contribution < -0.4 is 5.32 Å². The van der Waals surface area contributed by atoms with Crippen LogP contribution in [0.15, 0.2) is 36.5 Å². The van der Waals surface area contributed by atoms with Crippen molar-refractivity contribution < 1.29 is 14.7 Å². The summed E-state index contributed by atoms with van der Waals surface area (Å²) in [5, 5.41) is 12.2. The van der Waals surface area contributed by atoms with Gasteiger partial charge in [0.1, 0.15) is 6.54 Å². The highest BCUT2D eigenvalue weighted by atomic mass is 16.4. The predicted molar refractivity (Wildman–Crippen MR) is 71.0 cm³/mol. The first kappa shape index (κ1) is 12.8. The fourth-order valence-electron chi connectivity index (χ4n) is 1.69. The number of para-hydroxylation sites is 1. The van der Waals surface area contributed by atoms with Crippen molar-refractivity contribution in [3.05, 3.63) is 36.5 Å². The second-order valence-electron chi connectivity index (χ2n) is 4.06. The number of urea groups is 1. The Morgan fingerprint density at radius 3 is 2.79 bits per heavy atom. The number of nitrogens with one attached hydrogen (secondary N) is 1. The molecule has 1 heterocycles. The van der Waals surface area contributed by atoms with Crippen molar-refractivity contribution in [3.8, 4) is 0 Å². The molecule has 0 atom stereocenters. The lowest BCUT2D eigenvalue weighted by atomic mass is 10.2. The number of nitrogens with zero attached hydrogens (tertiary/aromatic N) is 2. The molecule has 1 aromatic carbocycles. The van der Waals surface area contributed by atoms with Gasteiger partial charge in [0.2, 0.25) is 0 Å². The number of amides is 2. The number of fused-ring (bicyclic) bond motifs is 1. The molecule has 6 heteroatoms. The first-order valence-corrected chi connectivity index (χ1v) is 5.65. The van der Waals surface area contributed by atoms with Crippen molar-refractivity contribution in [3.63, 3.8) is 0 Å². The van der Waals surface area contributed by atoms with Gasteiger partial charge in [0, 0.05) is 18.6 Å². The van der Waals surface area contributed by atoms with E-state index in [1.807, 2.05) is 18.2 Å². The minimum atomic E-state index is -1.06. The third-order valence-corrected chi connectivity index (χ3v) is 2.59. The zero-order chi connectivity index (χ0) is 13.8. The molecule has 0 aliphatic rings. The largest absolute Gasteiger partial charge is 0.480 e. The quantitative estimate of drug-likeness (QED) is 0.880. The van der Waals surface area contributed by atoms with Crippen LogP contribution in [-0.2, 0) is 4.79 Å². The van der Waals surface area contributed by atoms with E-state index in [9.17, 15) is 9.59 Å². The fraction of sp³-hybridized carbons (Fsp3) is 0.154. The van der Waals surface area contributed by atoms with Crippen LogP contribution >= 0.6 is 0 Å². The molecule has 0 radical (unpaired) electrons. The first-order valence-electron chi connectivity index (χ1n) is 5.65. The molecule has 2 amide bonds. The van der Waals surface area contributed by atoms with E-state index in [2.05, 4.69) is 10.3 Å². The third kappa shape index (κ3) is 2.98. The Labute approximate surface area is 109 Å². The second kappa shape index (κ2) is 5.34. The molecule has 2 rings (SSSR count). The van der Waals surface area contributed by atoms with Gasteiger partial charge in [-0.15, -0.1) is 0 Å². The number of benzene rings is 1. The van der Waals surface area contributed by atoms with Gasteiger partial charge in [0.15, 0.2) is 0 Å². The Bertz CT molecular complexity index is 622. The van der Waals surface area contributed by atoms with Crippen molar-refractivity contribution >= 4 is 28.6 Å². The van der Waals surface area contributed by atoms with Gasteiger partial charge in [-0.2, -0.15) is 0 Å². The molecule has 0 bridgehead atoms. The van der Waals surface area contributed by atoms with E-state index in [4.69, 9.17) is 5.11 Å². The lowest BCUT2D eigenvalue weighted by Crippen LogP contribution is -2.35. The molecular formula is C13H13N3O3. The van der Waals surface area contributed by atoms with Gasteiger partial charge in [-0.25, -0.2) is 4.79 Å². The van der Waals surface area contributed by atoms with Gasteiger partial charge in [0.25, 0.3) is 0 Å². The number of aliphatic carboxylic acids is 1. The Hall–Kier alpha value is -2.63. The molecule has 6 nitrogen and oxygen atoms in total. The molecule has 2 N–H and O–H groups in total. The van der Waals surface area contributed by atoms with E-state index >= 15 is 0 Å². The Balaban J connectivity index is 2.22. The minimum Gasteiger partial charge on any atom is -0.480 e. The van der Waals surface area contributed by atoms with Gasteiger partial charge >= 0.3 is 12.0 Å². The number of rotatable bonds is 3. The van der Waals surface area contributed by atoms with Gasteiger partial charge in [0.05, 0.1) is 11.2 Å². The zero-order valence-electron chi connectivity index (χ0n) is 10.3. The molecule has 2 aromatic rings. The average Bonchev–Trinajstić information content (AvgIpc) is 2.38. The third-order valence-electron chi connectivity index (χ3n) is 2.59. The SMILES string of the molecule is CN(CC(=O)O)C(=O)Nc1cccc2cccnc12. The van der Waals surface area contributed by atoms with Gasteiger partial charge < -0.3 is 15.3 Å². The summed E-state index contributed by atoms with van der Waals surface area (Å²) in [7, 11) is 1.42. The topological polar surface area (TPSA) is 82.5 Å². The summed E-state index contributed by atoms with van der Waals surface area (Å²) in [6.07, 6.45) is 1.64. The number of hydrogen-bond acceptors (Lipinski definition) is 3. The van der Waals surface area contributed by atoms with E-state index in [-0.39, 0.29) is 6.54 Å². The van der Waals surface area contributed by atoms with Crippen LogP contribution in [0.25, 0.3) is 10.9 Å². The highest BCUT2D eigenvalue weighted by molar-refractivity contribution is 6.00. The normalized spacial score (nSPS) is 10.2. The van der Waals surface area contributed by atoms with Crippen LogP contribution in [0.4, 0.5) is 10.5 Å². The number of hydrogen-bond donors (Lipinski definition) is 2. The standard InChI is InChI=1S/C13H13N3O3/c1-16(8-11(17)18)13(19)15-10-6-2-4-9-5-3-7-14-12(9)10/h2-7H,8H2,1H3,(H,15,19)(H,17,18). The number of carbonyl (C=O) groups excluding carboxylic acids is 1. The van der Waals surface area contributed by atoms with Gasteiger partial charge in [-0.05, 0) is 12.1 Å². The maximum absolute atomic E-state index is 11.8. The second-order valence-corrected chi connectivity index (χ2v) is 4.06. The first-order chi connectivity index (χ1) is 9.08. The Morgan fingerprint density at radius 2 is 2.05 bits per heavy atom. The number of likely N-dealkylation sites (N-methyl/N-ethyl adjacent to an activating group) is 1. The summed E-state index contributed by atoms with van der Waals surface area (Å²) in [5.41, 5.74) is 1.22. The number of pyridine rings is 1. The lowest BCUT2D eigenvalue weighted by Gasteiger charge is -2.16. The Morgan fingerprint density at radius 1 is 1.32 bits per heavy atom. The van der Waals surface area contributed by atoms with Crippen molar-refractivity contribution in [2.45, 2.75) is 0 Å². The number of aromatic nitrogens is 1. The minimum absolute atomic E-state index is 0.357. The van der Waals surface area contributed by atoms with Crippen LogP contribution in [0, 0.1) is 0 Å². The van der Waals surface area contributed by atoms with Crippen LogP contribution in [0.1, 0.15) is 0 Å². The molecule has 98 valence electrons. The number of carboxylic acids is 1. The summed E-state index contributed by atoms with van der Waals surface area (Å²) < 4.78 is 0. The highest BCUT2D eigenvalue weighted by Crippen LogP contribution is 2.20. The van der Waals surface area contributed by atoms with E-state index < -0.39 is 12.0 Å². The Kier molecular flexibility index (Phi) is 3.61. The molecule has 19 heavy (non-hydrogen) atoms. The van der Waals surface area contributed by atoms with Crippen molar-refractivity contribution in [1.29, 1.82) is 0 Å². The summed E-state index contributed by atoms with van der Waals surface area (Å²) in [6, 6.07) is 8.63. The van der Waals surface area contributed by atoms with Crippen molar-refractivity contribution in [2.24, 2.45) is 0 Å². The molecule has 0 saturated carbocycles. The number of carboxylic acid groups (broad SMARTS) is 1. The maximum Gasteiger partial charge on any atom is 0.323 e. The molecule has 1 aromatic heterocycles. The monoisotopic (exact) mass is 259 g/mol. The molecule has 0 unspecified atom stereocenters. The average molecular weight is 259 g/mol. The van der Waals surface area contributed by atoms with E-state index in [0.29, 0.717) is 11.2 Å². The van der Waals surface area contributed by atoms with E-state index in [1.165, 1.54) is 7.05 Å². The fourth-order valence-corrected chi connectivity index (χ4v) is 1.69. The van der Waals surface area contributed by atoms with Crippen LogP contribution in [0.2, 0.25) is 0 Å². The number of anilines is 1. The molecule has 0 spiro atoms. The number of carbonyl (C=O) groups is 2. The van der Waals surface area contributed by atoms with Gasteiger partial charge in [-0.3, -0.25) is 9.78 Å². The molecule has 0 saturated heterocycles. The van der Waals surface area contributed by atoms with Crippen molar-refractivity contribution in [2.75, 3.05) is 18.9 Å². The maximum atomic E-state index is 11.8. The molecule has 0 aliphatic carbocycles. The van der Waals surface area contributed by atoms with Gasteiger partial charge in [-0.1, -0.05) is 18.2 Å². The zero-order valence-corrected chi connectivity index (χ0v) is 10.3. The summed E-state index contributed by atoms with van der Waals surface area (Å²) in [4.78, 5) is 27.7. The summed E-state index contributed by atoms with van der Waals surface area (Å²) in [6.45, 7) is -0.357. The summed E-state index contributed by atoms with van der Waals surface area (Å²) >= 11 is 0. The summed E-state index contributed by atoms with van der Waals surface area (Å²) in [5.74, 6) is -1.06. The molecule has 0 fully saturated rings. The highest BCUT2D eigenvalue weighted by Gasteiger charge is 2.13. The van der Waals surface area contributed by atoms with E-state index in [1.54, 1.807) is 18.3 Å². The van der Waals surface area contributed by atoms with Crippen molar-refractivity contribution in [1.82, 2.24) is 9.88 Å². The lowest BCUT2D eigenvalue weighted by molar-refractivity contribution is -0.137. The van der Waals surface area contributed by atoms with Crippen LogP contribution in [0.5, 0.6) is 0 Å². The van der Waals surface area contributed by atoms with Crippen LogP contribution in [-0.4, -0.2) is 40.6 Å².